The van der Waals surface area contributed by atoms with Crippen molar-refractivity contribution in [3.8, 4) is 0 Å². The van der Waals surface area contributed by atoms with E-state index in [1.807, 2.05) is 13.8 Å². The molecular weight excluding hydrogens is 242 g/mol. The molecule has 0 spiro atoms. The van der Waals surface area contributed by atoms with Gasteiger partial charge in [0.05, 0.1) is 25.9 Å². The largest absolute Gasteiger partial charge is 0.389 e. The van der Waals surface area contributed by atoms with E-state index < -0.39 is 16.9 Å². The van der Waals surface area contributed by atoms with Crippen LogP contribution in [0.1, 0.15) is 13.8 Å². The summed E-state index contributed by atoms with van der Waals surface area (Å²) >= 11 is 0. The molecule has 104 valence electrons. The molecule has 0 amide bonds. The quantitative estimate of drug-likeness (QED) is 0.506. The summed E-state index contributed by atoms with van der Waals surface area (Å²) in [7, 11) is -0.826. The second-order valence-corrected chi connectivity index (χ2v) is 5.70. The van der Waals surface area contributed by atoms with Gasteiger partial charge >= 0.3 is 0 Å². The fourth-order valence-electron chi connectivity index (χ4n) is 1.11. The number of nitrogens with one attached hydrogen (secondary N) is 1. The summed E-state index contributed by atoms with van der Waals surface area (Å²) in [6.07, 6.45) is 1.15. The van der Waals surface area contributed by atoms with Crippen LogP contribution in [0.15, 0.2) is 0 Å². The first-order valence-electron chi connectivity index (χ1n) is 5.94. The summed E-state index contributed by atoms with van der Waals surface area (Å²) in [6.45, 7) is 6.97. The van der Waals surface area contributed by atoms with Gasteiger partial charge < -0.3 is 19.9 Å². The van der Waals surface area contributed by atoms with E-state index in [4.69, 9.17) is 9.47 Å². The number of rotatable bonds is 11. The van der Waals surface area contributed by atoms with Crippen LogP contribution in [0.25, 0.3) is 0 Å². The van der Waals surface area contributed by atoms with Gasteiger partial charge in [0.25, 0.3) is 0 Å². The lowest BCUT2D eigenvalue weighted by molar-refractivity contribution is 0.00660. The summed E-state index contributed by atoms with van der Waals surface area (Å²) in [4.78, 5) is 0. The minimum Gasteiger partial charge on any atom is -0.389 e. The van der Waals surface area contributed by atoms with Crippen LogP contribution in [0.4, 0.5) is 0 Å². The van der Waals surface area contributed by atoms with Crippen LogP contribution in [0.2, 0.25) is 0 Å². The highest BCUT2D eigenvalue weighted by Gasteiger charge is 2.08. The molecule has 5 nitrogen and oxygen atoms in total. The summed E-state index contributed by atoms with van der Waals surface area (Å²) in [5.41, 5.74) is 0. The van der Waals surface area contributed by atoms with E-state index in [0.29, 0.717) is 39.5 Å². The van der Waals surface area contributed by atoms with Crippen LogP contribution in [-0.4, -0.2) is 66.4 Å². The van der Waals surface area contributed by atoms with Crippen LogP contribution >= 0.6 is 0 Å². The Morgan fingerprint density at radius 2 is 1.94 bits per heavy atom. The molecule has 0 radical (unpaired) electrons. The monoisotopic (exact) mass is 267 g/mol. The highest BCUT2D eigenvalue weighted by atomic mass is 32.2. The Bertz CT molecular complexity index is 204. The smallest absolute Gasteiger partial charge is 0.0897 e. The van der Waals surface area contributed by atoms with Crippen molar-refractivity contribution in [1.82, 2.24) is 5.32 Å². The summed E-state index contributed by atoms with van der Waals surface area (Å²) in [6, 6.07) is 0. The molecule has 0 aromatic heterocycles. The molecular formula is C11H25NO4S. The second-order valence-electron chi connectivity index (χ2n) is 3.89. The van der Waals surface area contributed by atoms with Crippen LogP contribution in [-0.2, 0) is 20.3 Å². The van der Waals surface area contributed by atoms with Crippen molar-refractivity contribution in [3.63, 3.8) is 0 Å². The van der Waals surface area contributed by atoms with Gasteiger partial charge in [0, 0.05) is 42.0 Å². The molecule has 0 aromatic rings. The van der Waals surface area contributed by atoms with Gasteiger partial charge in [0.15, 0.2) is 0 Å². The van der Waals surface area contributed by atoms with Gasteiger partial charge in [-0.3, -0.25) is 4.21 Å². The highest BCUT2D eigenvalue weighted by molar-refractivity contribution is 7.84. The SMILES string of the molecule is CCOCCOCC(O)CNCC(C)S(C)=O. The Labute approximate surface area is 106 Å². The summed E-state index contributed by atoms with van der Waals surface area (Å²) in [5, 5.41) is 12.7. The third kappa shape index (κ3) is 10.8. The van der Waals surface area contributed by atoms with Crippen molar-refractivity contribution in [2.24, 2.45) is 0 Å². The molecule has 3 atom stereocenters. The fourth-order valence-corrected chi connectivity index (χ4v) is 1.46. The molecule has 0 saturated carbocycles. The molecule has 0 heterocycles. The van der Waals surface area contributed by atoms with Crippen molar-refractivity contribution in [2.75, 3.05) is 45.8 Å². The molecule has 0 bridgehead atoms. The fraction of sp³-hybridized carbons (Fsp3) is 1.00. The molecule has 0 aliphatic carbocycles. The lowest BCUT2D eigenvalue weighted by Gasteiger charge is -2.14. The number of ether oxygens (including phenoxy) is 2. The second kappa shape index (κ2) is 11.1. The number of aliphatic hydroxyl groups excluding tert-OH is 1. The molecule has 0 saturated heterocycles. The molecule has 0 aliphatic rings. The zero-order valence-corrected chi connectivity index (χ0v) is 11.8. The number of hydrogen-bond acceptors (Lipinski definition) is 5. The summed E-state index contributed by atoms with van der Waals surface area (Å²) < 4.78 is 21.4. The lowest BCUT2D eigenvalue weighted by atomic mass is 10.3. The van der Waals surface area contributed by atoms with Gasteiger partial charge in [-0.1, -0.05) is 0 Å². The maximum Gasteiger partial charge on any atom is 0.0897 e. The molecule has 6 heteroatoms. The maximum absolute atomic E-state index is 11.1. The van der Waals surface area contributed by atoms with Crippen molar-refractivity contribution in [3.05, 3.63) is 0 Å². The Kier molecular flexibility index (Phi) is 11.1. The van der Waals surface area contributed by atoms with Gasteiger partial charge in [-0.05, 0) is 13.8 Å². The minimum absolute atomic E-state index is 0.0982. The topological polar surface area (TPSA) is 67.8 Å². The molecule has 0 rings (SSSR count). The Balaban J connectivity index is 3.34. The molecule has 2 N–H and O–H groups in total. The van der Waals surface area contributed by atoms with Gasteiger partial charge in [-0.15, -0.1) is 0 Å². The molecule has 0 aromatic carbocycles. The van der Waals surface area contributed by atoms with E-state index in [1.165, 1.54) is 0 Å². The maximum atomic E-state index is 11.1. The Morgan fingerprint density at radius 3 is 2.53 bits per heavy atom. The van der Waals surface area contributed by atoms with E-state index in [1.54, 1.807) is 6.26 Å². The van der Waals surface area contributed by atoms with E-state index in [9.17, 15) is 9.32 Å². The predicted molar refractivity (Wildman–Crippen MR) is 69.7 cm³/mol. The van der Waals surface area contributed by atoms with Crippen molar-refractivity contribution < 1.29 is 18.8 Å². The Hall–Kier alpha value is -0.0100. The van der Waals surface area contributed by atoms with Crippen molar-refractivity contribution >= 4 is 10.8 Å². The average Bonchev–Trinajstić information content (AvgIpc) is 2.28. The first-order valence-corrected chi connectivity index (χ1v) is 7.56. The van der Waals surface area contributed by atoms with Crippen LogP contribution in [0.5, 0.6) is 0 Å². The van der Waals surface area contributed by atoms with Crippen LogP contribution in [0, 0.1) is 0 Å². The van der Waals surface area contributed by atoms with E-state index in [-0.39, 0.29) is 5.25 Å². The zero-order valence-electron chi connectivity index (χ0n) is 11.0. The predicted octanol–water partition coefficient (Wildman–Crippen LogP) is -0.243. The molecule has 0 aliphatic heterocycles. The molecule has 0 fully saturated rings. The van der Waals surface area contributed by atoms with E-state index >= 15 is 0 Å². The first-order chi connectivity index (χ1) is 8.07. The molecule has 3 unspecified atom stereocenters. The number of aliphatic hydroxyl groups is 1. The standard InChI is InChI=1S/C11H25NO4S/c1-4-15-5-6-16-9-11(13)8-12-7-10(2)17(3)14/h10-13H,4-9H2,1-3H3. The van der Waals surface area contributed by atoms with E-state index in [0.717, 1.165) is 0 Å². The lowest BCUT2D eigenvalue weighted by Crippen LogP contribution is -2.35. The van der Waals surface area contributed by atoms with Crippen molar-refractivity contribution in [1.29, 1.82) is 0 Å². The van der Waals surface area contributed by atoms with Gasteiger partial charge in [-0.2, -0.15) is 0 Å². The number of hydrogen-bond donors (Lipinski definition) is 2. The van der Waals surface area contributed by atoms with Crippen LogP contribution < -0.4 is 5.32 Å². The normalized spacial score (nSPS) is 16.7. The van der Waals surface area contributed by atoms with Gasteiger partial charge in [0.1, 0.15) is 0 Å². The van der Waals surface area contributed by atoms with Crippen LogP contribution in [0.3, 0.4) is 0 Å². The zero-order chi connectivity index (χ0) is 13.1. The van der Waals surface area contributed by atoms with Gasteiger partial charge in [0.2, 0.25) is 0 Å². The third-order valence-electron chi connectivity index (χ3n) is 2.26. The minimum atomic E-state index is -0.826. The van der Waals surface area contributed by atoms with E-state index in [2.05, 4.69) is 5.32 Å². The highest BCUT2D eigenvalue weighted by Crippen LogP contribution is 1.90. The molecule has 17 heavy (non-hydrogen) atoms. The average molecular weight is 267 g/mol. The van der Waals surface area contributed by atoms with Crippen molar-refractivity contribution in [2.45, 2.75) is 25.2 Å². The first kappa shape index (κ1) is 17.0. The Morgan fingerprint density at radius 1 is 1.29 bits per heavy atom. The third-order valence-corrected chi connectivity index (χ3v) is 3.56. The summed E-state index contributed by atoms with van der Waals surface area (Å²) in [5.74, 6) is 0. The van der Waals surface area contributed by atoms with Gasteiger partial charge in [-0.25, -0.2) is 0 Å².